The van der Waals surface area contributed by atoms with Crippen molar-refractivity contribution < 1.29 is 132 Å². The van der Waals surface area contributed by atoms with Crippen molar-refractivity contribution in [3.8, 4) is 44.1 Å². The van der Waals surface area contributed by atoms with Gasteiger partial charge >= 0.3 is 29.6 Å². The van der Waals surface area contributed by atoms with Crippen LogP contribution in [-0.4, -0.2) is 209 Å². The molecule has 3 fully saturated rings. The van der Waals surface area contributed by atoms with E-state index in [2.05, 4.69) is 46.2 Å². The number of amides is 8. The average molecular weight is 1340 g/mol. The Labute approximate surface area is 561 Å². The quantitative estimate of drug-likeness (QED) is 0.0107. The van der Waals surface area contributed by atoms with Crippen molar-refractivity contribution in [1.82, 2.24) is 46.6 Å². The number of carbonyl (C=O) groups excluding carboxylic acids is 8. The zero-order valence-corrected chi connectivity index (χ0v) is 54.0. The molecule has 34 heteroatoms. The van der Waals surface area contributed by atoms with Crippen molar-refractivity contribution in [2.45, 2.75) is 119 Å². The molecule has 0 spiro atoms. The minimum Gasteiger partial charge on any atom is -0.691 e. The summed E-state index contributed by atoms with van der Waals surface area (Å²) in [5.74, 6) is -9.81. The molecule has 3 saturated heterocycles. The van der Waals surface area contributed by atoms with Crippen molar-refractivity contribution in [1.29, 1.82) is 0 Å². The standard InChI is InChI=1S/C59H70N10O21S2.Na/c1-29-27-69-49(50(29)77)55(82)61-26-35(71)23-39(62-51(78)32-10-12-33(13-11-32)56-66-67-57(91-56)34-14-16-38(17-15-34)87-20-6-19-86-37-7-4-3-5-8-37)52(79)63-46(30(2)70)58(83)68-28-36(72)24-40(68)53(80)64-47(54(81)65-48(59(69)84)43(75)25-45(60)76)42(74)21-31-9-18-41(73)44(22-31)88-92-90-89-85;/h3-5,7-18,22,29-30,35-36,39-40,42-43,46-50,70-75,77,85H,6,19-21,23-28H2,1-2H3,(H2,60,76)(H,61,82)(H,62,78)(H,63,79)(H,64,80)(H,65,81);/q;+1/p-1. The molecule has 3 aliphatic heterocycles. The molecule has 494 valence electrons. The predicted molar refractivity (Wildman–Crippen MR) is 320 cm³/mol. The second-order valence-electron chi connectivity index (χ2n) is 22.1. The van der Waals surface area contributed by atoms with Gasteiger partial charge in [0.15, 0.2) is 11.5 Å². The van der Waals surface area contributed by atoms with E-state index in [-0.39, 0.29) is 58.8 Å². The van der Waals surface area contributed by atoms with Gasteiger partial charge < -0.3 is 96.8 Å². The number of β-amino-alcohol motifs (C(OH)–C–C–N with tert-alkyl or cyclic N) is 1. The number of rotatable bonds is 21. The molecular weight excluding hydrogens is 1270 g/mol. The van der Waals surface area contributed by atoms with Crippen LogP contribution in [0.5, 0.6) is 23.0 Å². The SMILES string of the molecule is CC(O)C1NC(=O)C(NC(=O)c2ccc(-c3nnc(-c4ccc(OCCCOc5ccccc5)cc4)s3)cc2)CC(O)CNC(=O)C2C(O)C(C)CN2C(=O)C(C(O)CC(N)=O)NC(=O)C(C(O)Cc2ccc(O)c(OSOO[O-])c2)NC(=O)C2CC(O)CN2C1=O.[Na+]. The first-order valence-electron chi connectivity index (χ1n) is 28.9. The van der Waals surface area contributed by atoms with Crippen LogP contribution in [0.1, 0.15) is 55.5 Å². The van der Waals surface area contributed by atoms with Gasteiger partial charge in [0, 0.05) is 67.9 Å². The summed E-state index contributed by atoms with van der Waals surface area (Å²) in [4.78, 5) is 115. The van der Waals surface area contributed by atoms with E-state index in [9.17, 15) is 79.4 Å². The predicted octanol–water partition coefficient (Wildman–Crippen LogP) is -5.58. The Kier molecular flexibility index (Phi) is 26.6. The number of nitrogens with zero attached hydrogens (tertiary/aromatic N) is 4. The fourth-order valence-electron chi connectivity index (χ4n) is 10.5. The van der Waals surface area contributed by atoms with Gasteiger partial charge in [-0.05, 0) is 73.2 Å². The number of carbonyl (C=O) groups is 8. The molecule has 1 aromatic heterocycles. The minimum absolute atomic E-state index is 0. The van der Waals surface area contributed by atoms with Crippen LogP contribution in [0.25, 0.3) is 21.1 Å². The number of aliphatic hydroxyl groups is 6. The Hall–Kier alpha value is -7.61. The van der Waals surface area contributed by atoms with E-state index in [1.807, 2.05) is 54.6 Å². The Morgan fingerprint density at radius 3 is 2.00 bits per heavy atom. The van der Waals surface area contributed by atoms with Crippen LogP contribution in [0.15, 0.2) is 97.1 Å². The fourth-order valence-corrected chi connectivity index (χ4v) is 11.6. The van der Waals surface area contributed by atoms with Gasteiger partial charge in [0.2, 0.25) is 41.4 Å². The van der Waals surface area contributed by atoms with Gasteiger partial charge in [-0.1, -0.05) is 54.7 Å². The zero-order chi connectivity index (χ0) is 66.3. The third kappa shape index (κ3) is 19.3. The van der Waals surface area contributed by atoms with Crippen molar-refractivity contribution in [3.05, 3.63) is 108 Å². The summed E-state index contributed by atoms with van der Waals surface area (Å²) in [6.45, 7) is 1.74. The smallest absolute Gasteiger partial charge is 0.691 e. The maximum atomic E-state index is 14.7. The fraction of sp³-hybridized carbons (Fsp3) is 0.424. The molecular formula is C59H69N10NaO21S2. The molecule has 5 aromatic rings. The number of fused-ring (bicyclic) bond motifs is 2. The molecule has 4 heterocycles. The summed E-state index contributed by atoms with van der Waals surface area (Å²) in [5.41, 5.74) is 6.79. The van der Waals surface area contributed by atoms with Crippen molar-refractivity contribution >= 4 is 70.9 Å². The molecule has 8 rings (SSSR count). The summed E-state index contributed by atoms with van der Waals surface area (Å²) in [6, 6.07) is 14.4. The van der Waals surface area contributed by atoms with Gasteiger partial charge in [-0.15, -0.1) is 14.5 Å². The van der Waals surface area contributed by atoms with Crippen LogP contribution in [0.2, 0.25) is 0 Å². The largest absolute Gasteiger partial charge is 1.00 e. The van der Waals surface area contributed by atoms with E-state index >= 15 is 0 Å². The molecule has 0 bridgehead atoms. The summed E-state index contributed by atoms with van der Waals surface area (Å²) in [6.07, 6.45) is -13.1. The van der Waals surface area contributed by atoms with Gasteiger partial charge in [-0.2, -0.15) is 0 Å². The number of aromatic nitrogens is 2. The van der Waals surface area contributed by atoms with E-state index in [1.165, 1.54) is 36.5 Å². The summed E-state index contributed by atoms with van der Waals surface area (Å²) < 4.78 is 20.7. The molecule has 4 aromatic carbocycles. The third-order valence-electron chi connectivity index (χ3n) is 15.3. The number of nitrogens with two attached hydrogens (primary N) is 1. The van der Waals surface area contributed by atoms with E-state index in [4.69, 9.17) is 19.4 Å². The number of primary amides is 1. The molecule has 0 saturated carbocycles. The Morgan fingerprint density at radius 2 is 1.37 bits per heavy atom. The van der Waals surface area contributed by atoms with Crippen molar-refractivity contribution in [2.75, 3.05) is 32.8 Å². The number of ether oxygens (including phenoxy) is 2. The van der Waals surface area contributed by atoms with Crippen LogP contribution >= 0.6 is 23.7 Å². The number of nitrogens with one attached hydrogen (secondary N) is 5. The first-order valence-corrected chi connectivity index (χ1v) is 30.4. The van der Waals surface area contributed by atoms with Gasteiger partial charge in [-0.25, -0.2) is 0 Å². The van der Waals surface area contributed by atoms with Gasteiger partial charge in [0.1, 0.15) is 57.8 Å². The van der Waals surface area contributed by atoms with E-state index in [1.54, 1.807) is 12.1 Å². The van der Waals surface area contributed by atoms with Gasteiger partial charge in [-0.3, -0.25) is 43.4 Å². The second-order valence-corrected chi connectivity index (χ2v) is 23.6. The number of para-hydroxylation sites is 1. The molecule has 13 atom stereocenters. The normalized spacial score (nSPS) is 24.3. The van der Waals surface area contributed by atoms with Crippen LogP contribution in [-0.2, 0) is 49.4 Å². The number of benzene rings is 4. The first-order chi connectivity index (χ1) is 44.0. The summed E-state index contributed by atoms with van der Waals surface area (Å²) >= 11 is 1.26. The number of phenolic OH excluding ortho intramolecular Hbond substituents is 1. The van der Waals surface area contributed by atoms with Crippen LogP contribution in [0, 0.1) is 5.92 Å². The van der Waals surface area contributed by atoms with E-state index in [0.29, 0.717) is 41.0 Å². The van der Waals surface area contributed by atoms with E-state index in [0.717, 1.165) is 40.2 Å². The molecule has 14 N–H and O–H groups in total. The summed E-state index contributed by atoms with van der Waals surface area (Å²) in [7, 11) is 0. The van der Waals surface area contributed by atoms with Crippen LogP contribution in [0.3, 0.4) is 0 Å². The molecule has 3 aliphatic rings. The van der Waals surface area contributed by atoms with E-state index < -0.39 is 177 Å². The number of phenols is 1. The Balaban J connectivity index is 0.0000123. The van der Waals surface area contributed by atoms with Crippen LogP contribution in [0.4, 0.5) is 0 Å². The minimum atomic E-state index is -2.23. The number of hydrogen-bond acceptors (Lipinski definition) is 25. The van der Waals surface area contributed by atoms with Gasteiger partial charge in [0.25, 0.3) is 18.2 Å². The third-order valence-corrected chi connectivity index (χ3v) is 16.7. The molecule has 0 aliphatic carbocycles. The number of aromatic hydroxyl groups is 1. The van der Waals surface area contributed by atoms with Gasteiger partial charge in [0.05, 0.1) is 56.3 Å². The summed E-state index contributed by atoms with van der Waals surface area (Å²) in [5, 5.41) is 114. The Morgan fingerprint density at radius 1 is 0.753 bits per heavy atom. The molecule has 93 heavy (non-hydrogen) atoms. The molecule has 8 amide bonds. The van der Waals surface area contributed by atoms with Crippen LogP contribution < -0.4 is 80.8 Å². The monoisotopic (exact) mass is 1340 g/mol. The maximum Gasteiger partial charge on any atom is 1.00 e. The van der Waals surface area contributed by atoms with Crippen molar-refractivity contribution in [3.63, 3.8) is 0 Å². The topological polar surface area (TPSA) is 466 Å². The zero-order valence-electron chi connectivity index (χ0n) is 50.3. The number of hydrogen-bond donors (Lipinski definition) is 13. The first kappa shape index (κ1) is 72.8. The molecule has 13 unspecified atom stereocenters. The second kappa shape index (κ2) is 34.0. The Bertz CT molecular complexity index is 3400. The van der Waals surface area contributed by atoms with Crippen molar-refractivity contribution in [2.24, 2.45) is 11.7 Å². The number of aliphatic hydroxyl groups excluding tert-OH is 6. The average Bonchev–Trinajstić information content (AvgIpc) is 1.70. The maximum absolute atomic E-state index is 14.7. The molecule has 0 radical (unpaired) electrons. The molecule has 31 nitrogen and oxygen atoms in total.